The SMILES string of the molecule is COCC#CCC(C/C=C/C(=O)OC)(C(=O)OC)C(=O)OC. The Bertz CT molecular complexity index is 466. The highest BCUT2D eigenvalue weighted by atomic mass is 16.5. The van der Waals surface area contributed by atoms with Gasteiger partial charge in [0.1, 0.15) is 6.61 Å². The third-order valence-corrected chi connectivity index (χ3v) is 2.81. The Morgan fingerprint density at radius 1 is 0.955 bits per heavy atom. The van der Waals surface area contributed by atoms with Gasteiger partial charge in [0.05, 0.1) is 21.3 Å². The summed E-state index contributed by atoms with van der Waals surface area (Å²) in [5, 5.41) is 0. The lowest BCUT2D eigenvalue weighted by Gasteiger charge is -2.24. The van der Waals surface area contributed by atoms with Crippen molar-refractivity contribution in [2.45, 2.75) is 12.8 Å². The molecule has 0 fully saturated rings. The molecule has 0 spiro atoms. The van der Waals surface area contributed by atoms with E-state index in [-0.39, 0.29) is 19.4 Å². The van der Waals surface area contributed by atoms with Crippen molar-refractivity contribution in [2.75, 3.05) is 35.0 Å². The van der Waals surface area contributed by atoms with Crippen molar-refractivity contribution in [2.24, 2.45) is 5.41 Å². The van der Waals surface area contributed by atoms with Crippen LogP contribution in [0, 0.1) is 17.3 Å². The second-order valence-electron chi connectivity index (χ2n) is 4.16. The number of hydrogen-bond donors (Lipinski definition) is 0. The number of carbonyl (C=O) groups excluding carboxylic acids is 3. The van der Waals surface area contributed by atoms with Crippen LogP contribution in [-0.4, -0.2) is 53.0 Å². The molecule has 0 N–H and O–H groups in total. The maximum Gasteiger partial charge on any atom is 0.330 e. The first-order valence-corrected chi connectivity index (χ1v) is 6.34. The molecule has 0 saturated carbocycles. The van der Waals surface area contributed by atoms with Gasteiger partial charge in [0.25, 0.3) is 0 Å². The Morgan fingerprint density at radius 2 is 1.55 bits per heavy atom. The van der Waals surface area contributed by atoms with E-state index in [0.717, 1.165) is 20.3 Å². The summed E-state index contributed by atoms with van der Waals surface area (Å²) in [4.78, 5) is 35.2. The van der Waals surface area contributed by atoms with Gasteiger partial charge in [-0.05, 0) is 6.42 Å². The molecule has 0 aromatic heterocycles. The van der Waals surface area contributed by atoms with Crippen molar-refractivity contribution >= 4 is 17.9 Å². The van der Waals surface area contributed by atoms with Crippen molar-refractivity contribution in [3.63, 3.8) is 0 Å². The maximum atomic E-state index is 12.1. The molecule has 0 aliphatic heterocycles. The smallest absolute Gasteiger partial charge is 0.330 e. The number of rotatable bonds is 7. The summed E-state index contributed by atoms with van der Waals surface area (Å²) in [6, 6.07) is 0. The molecule has 122 valence electrons. The summed E-state index contributed by atoms with van der Waals surface area (Å²) in [5.74, 6) is 3.15. The fourth-order valence-corrected chi connectivity index (χ4v) is 1.62. The zero-order valence-corrected chi connectivity index (χ0v) is 13.1. The molecule has 0 aliphatic rings. The summed E-state index contributed by atoms with van der Waals surface area (Å²) in [5.41, 5.74) is -1.64. The first kappa shape index (κ1) is 19.7. The predicted octanol–water partition coefficient (Wildman–Crippen LogP) is 0.478. The number of carbonyl (C=O) groups is 3. The Hall–Kier alpha value is -2.33. The van der Waals surface area contributed by atoms with E-state index in [1.54, 1.807) is 0 Å². The third kappa shape index (κ3) is 5.58. The number of hydrogen-bond acceptors (Lipinski definition) is 7. The molecular weight excluding hydrogens is 292 g/mol. The topological polar surface area (TPSA) is 88.1 Å². The minimum atomic E-state index is -1.64. The van der Waals surface area contributed by atoms with Crippen LogP contribution in [0.25, 0.3) is 0 Å². The highest BCUT2D eigenvalue weighted by molar-refractivity contribution is 6.00. The minimum absolute atomic E-state index is 0.108. The molecule has 7 heteroatoms. The summed E-state index contributed by atoms with van der Waals surface area (Å²) in [6.45, 7) is 0.163. The van der Waals surface area contributed by atoms with E-state index in [0.29, 0.717) is 0 Å². The lowest BCUT2D eigenvalue weighted by Crippen LogP contribution is -2.40. The molecule has 0 aromatic carbocycles. The predicted molar refractivity (Wildman–Crippen MR) is 76.5 cm³/mol. The van der Waals surface area contributed by atoms with Gasteiger partial charge in [-0.25, -0.2) is 4.79 Å². The van der Waals surface area contributed by atoms with Crippen LogP contribution in [0.3, 0.4) is 0 Å². The van der Waals surface area contributed by atoms with E-state index in [2.05, 4.69) is 16.6 Å². The molecule has 0 atom stereocenters. The lowest BCUT2D eigenvalue weighted by molar-refractivity contribution is -0.168. The van der Waals surface area contributed by atoms with Crippen molar-refractivity contribution in [3.05, 3.63) is 12.2 Å². The minimum Gasteiger partial charge on any atom is -0.468 e. The van der Waals surface area contributed by atoms with Crippen molar-refractivity contribution in [1.29, 1.82) is 0 Å². The second kappa shape index (κ2) is 10.4. The standard InChI is InChI=1S/C15H20O7/c1-19-11-6-5-9-15(13(17)21-3,14(18)22-4)10-7-8-12(16)20-2/h7-8H,9-11H2,1-4H3/b8-7+. The summed E-state index contributed by atoms with van der Waals surface area (Å²) in [7, 11) is 5.01. The van der Waals surface area contributed by atoms with Crippen molar-refractivity contribution in [1.82, 2.24) is 0 Å². The van der Waals surface area contributed by atoms with Crippen LogP contribution in [0.2, 0.25) is 0 Å². The average Bonchev–Trinajstić information content (AvgIpc) is 2.55. The van der Waals surface area contributed by atoms with E-state index in [9.17, 15) is 14.4 Å². The zero-order valence-electron chi connectivity index (χ0n) is 13.1. The highest BCUT2D eigenvalue weighted by Gasteiger charge is 2.47. The number of allylic oxidation sites excluding steroid dienone is 1. The van der Waals surface area contributed by atoms with Gasteiger partial charge >= 0.3 is 17.9 Å². The van der Waals surface area contributed by atoms with Gasteiger partial charge in [0.15, 0.2) is 5.41 Å². The van der Waals surface area contributed by atoms with E-state index in [4.69, 9.17) is 14.2 Å². The van der Waals surface area contributed by atoms with Crippen LogP contribution in [0.1, 0.15) is 12.8 Å². The summed E-state index contributed by atoms with van der Waals surface area (Å²) >= 11 is 0. The van der Waals surface area contributed by atoms with Gasteiger partial charge in [-0.3, -0.25) is 9.59 Å². The quantitative estimate of drug-likeness (QED) is 0.222. The molecule has 0 rings (SSSR count). The average molecular weight is 312 g/mol. The molecule has 0 radical (unpaired) electrons. The zero-order chi connectivity index (χ0) is 17.0. The third-order valence-electron chi connectivity index (χ3n) is 2.81. The highest BCUT2D eigenvalue weighted by Crippen LogP contribution is 2.30. The number of ether oxygens (including phenoxy) is 4. The molecule has 0 aliphatic carbocycles. The molecule has 0 amide bonds. The Labute approximate surface area is 129 Å². The van der Waals surface area contributed by atoms with Gasteiger partial charge < -0.3 is 18.9 Å². The number of methoxy groups -OCH3 is 4. The largest absolute Gasteiger partial charge is 0.468 e. The molecule has 22 heavy (non-hydrogen) atoms. The first-order valence-electron chi connectivity index (χ1n) is 6.34. The van der Waals surface area contributed by atoms with Crippen LogP contribution in [0.15, 0.2) is 12.2 Å². The van der Waals surface area contributed by atoms with E-state index in [1.807, 2.05) is 0 Å². The normalized spacial score (nSPS) is 10.5. The van der Waals surface area contributed by atoms with Crippen molar-refractivity contribution < 1.29 is 33.3 Å². The molecule has 0 bridgehead atoms. The molecule has 7 nitrogen and oxygen atoms in total. The van der Waals surface area contributed by atoms with Gasteiger partial charge in [0.2, 0.25) is 0 Å². The van der Waals surface area contributed by atoms with Crippen molar-refractivity contribution in [3.8, 4) is 11.8 Å². The molecule has 0 unspecified atom stereocenters. The van der Waals surface area contributed by atoms with Gasteiger partial charge in [-0.15, -0.1) is 0 Å². The molecular formula is C15H20O7. The fraction of sp³-hybridized carbons (Fsp3) is 0.533. The van der Waals surface area contributed by atoms with Crippen LogP contribution < -0.4 is 0 Å². The maximum absolute atomic E-state index is 12.1. The van der Waals surface area contributed by atoms with Crippen LogP contribution in [0.4, 0.5) is 0 Å². The summed E-state index contributed by atoms with van der Waals surface area (Å²) < 4.78 is 18.6. The molecule has 0 heterocycles. The van der Waals surface area contributed by atoms with Gasteiger partial charge in [-0.1, -0.05) is 17.9 Å². The molecule has 0 saturated heterocycles. The van der Waals surface area contributed by atoms with Gasteiger partial charge in [-0.2, -0.15) is 0 Å². The van der Waals surface area contributed by atoms with E-state index in [1.165, 1.54) is 20.3 Å². The van der Waals surface area contributed by atoms with E-state index >= 15 is 0 Å². The van der Waals surface area contributed by atoms with Crippen LogP contribution >= 0.6 is 0 Å². The first-order chi connectivity index (χ1) is 10.5. The fourth-order valence-electron chi connectivity index (χ4n) is 1.62. The molecule has 0 aromatic rings. The van der Waals surface area contributed by atoms with Crippen LogP contribution in [-0.2, 0) is 33.3 Å². The second-order valence-corrected chi connectivity index (χ2v) is 4.16. The lowest BCUT2D eigenvalue weighted by atomic mass is 9.81. The van der Waals surface area contributed by atoms with E-state index < -0.39 is 23.3 Å². The Kier molecular flexibility index (Phi) is 9.30. The van der Waals surface area contributed by atoms with Gasteiger partial charge in [0, 0.05) is 19.6 Å². The monoisotopic (exact) mass is 312 g/mol. The Balaban J connectivity index is 5.43. The number of esters is 3. The Morgan fingerprint density at radius 3 is 2.00 bits per heavy atom. The van der Waals surface area contributed by atoms with Crippen LogP contribution in [0.5, 0.6) is 0 Å². The summed E-state index contributed by atoms with van der Waals surface area (Å²) in [6.07, 6.45) is 2.23.